The van der Waals surface area contributed by atoms with Crippen LogP contribution in [-0.4, -0.2) is 50.2 Å². The third-order valence-corrected chi connectivity index (χ3v) is 6.66. The lowest BCUT2D eigenvalue weighted by atomic mass is 10.1. The van der Waals surface area contributed by atoms with Gasteiger partial charge in [-0.15, -0.1) is 0 Å². The van der Waals surface area contributed by atoms with Gasteiger partial charge in [-0.1, -0.05) is 13.0 Å². The molecule has 2 N–H and O–H groups in total. The lowest BCUT2D eigenvalue weighted by Gasteiger charge is -2.25. The van der Waals surface area contributed by atoms with Crippen LogP contribution in [0.5, 0.6) is 5.75 Å². The number of imide groups is 1. The third kappa shape index (κ3) is 5.66. The van der Waals surface area contributed by atoms with E-state index in [2.05, 4.69) is 10.0 Å². The minimum Gasteiger partial charge on any atom is -0.490 e. The summed E-state index contributed by atoms with van der Waals surface area (Å²) >= 11 is 0. The van der Waals surface area contributed by atoms with Crippen molar-refractivity contribution < 1.29 is 27.1 Å². The smallest absolute Gasteiger partial charge is 0.324 e. The molecular formula is C19H26FN3O5S. The molecule has 3 amide bonds. The molecule has 1 saturated heterocycles. The Hall–Kier alpha value is -2.20. The van der Waals surface area contributed by atoms with E-state index in [9.17, 15) is 22.4 Å². The van der Waals surface area contributed by atoms with Gasteiger partial charge in [-0.05, 0) is 49.8 Å². The van der Waals surface area contributed by atoms with Crippen LogP contribution >= 0.6 is 0 Å². The van der Waals surface area contributed by atoms with Crippen molar-refractivity contribution in [3.05, 3.63) is 29.6 Å². The van der Waals surface area contributed by atoms with E-state index in [0.29, 0.717) is 24.5 Å². The van der Waals surface area contributed by atoms with Gasteiger partial charge in [-0.25, -0.2) is 22.3 Å². The van der Waals surface area contributed by atoms with E-state index >= 15 is 0 Å². The zero-order valence-corrected chi connectivity index (χ0v) is 17.3. The van der Waals surface area contributed by atoms with Crippen molar-refractivity contribution in [1.82, 2.24) is 14.9 Å². The second kappa shape index (κ2) is 8.66. The highest BCUT2D eigenvalue weighted by molar-refractivity contribution is 7.89. The van der Waals surface area contributed by atoms with E-state index in [1.807, 2.05) is 0 Å². The molecule has 1 aromatic rings. The van der Waals surface area contributed by atoms with Crippen molar-refractivity contribution in [3.63, 3.8) is 0 Å². The number of sulfonamides is 1. The molecule has 160 valence electrons. The molecule has 2 fully saturated rings. The maximum atomic E-state index is 14.0. The molecule has 0 radical (unpaired) electrons. The highest BCUT2D eigenvalue weighted by Gasteiger charge is 2.34. The summed E-state index contributed by atoms with van der Waals surface area (Å²) in [5, 5.41) is 2.15. The predicted molar refractivity (Wildman–Crippen MR) is 104 cm³/mol. The van der Waals surface area contributed by atoms with Crippen LogP contribution in [0.2, 0.25) is 0 Å². The molecule has 1 aliphatic carbocycles. The Morgan fingerprint density at radius 1 is 1.34 bits per heavy atom. The summed E-state index contributed by atoms with van der Waals surface area (Å²) in [5.74, 6) is -0.688. The Morgan fingerprint density at radius 3 is 2.66 bits per heavy atom. The molecule has 3 rings (SSSR count). The summed E-state index contributed by atoms with van der Waals surface area (Å²) in [6, 6.07) is 2.45. The largest absolute Gasteiger partial charge is 0.490 e. The van der Waals surface area contributed by atoms with Crippen LogP contribution in [0.1, 0.15) is 44.7 Å². The predicted octanol–water partition coefficient (Wildman–Crippen LogP) is 1.93. The van der Waals surface area contributed by atoms with Crippen molar-refractivity contribution in [1.29, 1.82) is 0 Å². The topological polar surface area (TPSA) is 105 Å². The Labute approximate surface area is 169 Å². The summed E-state index contributed by atoms with van der Waals surface area (Å²) in [6.07, 6.45) is 2.54. The molecule has 29 heavy (non-hydrogen) atoms. The lowest BCUT2D eigenvalue weighted by Crippen LogP contribution is -2.44. The number of urea groups is 1. The molecule has 0 bridgehead atoms. The van der Waals surface area contributed by atoms with Crippen molar-refractivity contribution in [2.45, 2.75) is 45.2 Å². The van der Waals surface area contributed by atoms with E-state index in [0.717, 1.165) is 12.8 Å². The first-order chi connectivity index (χ1) is 13.7. The zero-order valence-electron chi connectivity index (χ0n) is 16.5. The molecule has 1 saturated carbocycles. The number of ether oxygens (including phenoxy) is 1. The first-order valence-electron chi connectivity index (χ1n) is 9.71. The minimum atomic E-state index is -3.77. The van der Waals surface area contributed by atoms with Crippen LogP contribution in [0.15, 0.2) is 18.2 Å². The molecule has 10 heteroatoms. The van der Waals surface area contributed by atoms with Crippen LogP contribution in [0.25, 0.3) is 0 Å². The Balaban J connectivity index is 1.65. The summed E-state index contributed by atoms with van der Waals surface area (Å²) in [5.41, 5.74) is 0.572. The van der Waals surface area contributed by atoms with Gasteiger partial charge < -0.3 is 9.64 Å². The Kier molecular flexibility index (Phi) is 6.42. The molecule has 8 nitrogen and oxygen atoms in total. The van der Waals surface area contributed by atoms with Crippen LogP contribution in [0, 0.1) is 11.7 Å². The van der Waals surface area contributed by atoms with Crippen LogP contribution in [-0.2, 0) is 14.8 Å². The number of hydrogen-bond acceptors (Lipinski definition) is 5. The minimum absolute atomic E-state index is 0.110. The van der Waals surface area contributed by atoms with Gasteiger partial charge in [-0.3, -0.25) is 10.1 Å². The third-order valence-electron chi connectivity index (χ3n) is 5.13. The molecule has 1 heterocycles. The van der Waals surface area contributed by atoms with Gasteiger partial charge in [0.15, 0.2) is 11.6 Å². The average Bonchev–Trinajstić information content (AvgIpc) is 3.41. The maximum Gasteiger partial charge on any atom is 0.324 e. The quantitative estimate of drug-likeness (QED) is 0.555. The lowest BCUT2D eigenvalue weighted by molar-refractivity contribution is -0.118. The number of nitrogens with zero attached hydrogens (tertiary/aromatic N) is 1. The fraction of sp³-hybridized carbons (Fsp3) is 0.579. The van der Waals surface area contributed by atoms with Gasteiger partial charge in [0.05, 0.1) is 12.4 Å². The summed E-state index contributed by atoms with van der Waals surface area (Å²) in [6.45, 7) is 3.71. The van der Waals surface area contributed by atoms with E-state index < -0.39 is 39.9 Å². The van der Waals surface area contributed by atoms with Crippen molar-refractivity contribution >= 4 is 22.0 Å². The second-order valence-electron chi connectivity index (χ2n) is 7.61. The van der Waals surface area contributed by atoms with Gasteiger partial charge in [0.1, 0.15) is 6.54 Å². The number of benzene rings is 1. The highest BCUT2D eigenvalue weighted by atomic mass is 32.2. The van der Waals surface area contributed by atoms with E-state index in [1.165, 1.54) is 23.1 Å². The number of rotatable bonds is 10. The monoisotopic (exact) mass is 427 g/mol. The average molecular weight is 427 g/mol. The van der Waals surface area contributed by atoms with Crippen molar-refractivity contribution in [2.24, 2.45) is 5.92 Å². The summed E-state index contributed by atoms with van der Waals surface area (Å²) in [7, 11) is -3.77. The van der Waals surface area contributed by atoms with Crippen LogP contribution < -0.4 is 14.8 Å². The molecule has 2 aliphatic rings. The molecule has 1 aromatic carbocycles. The molecule has 0 spiro atoms. The highest BCUT2D eigenvalue weighted by Crippen LogP contribution is 2.31. The fourth-order valence-corrected chi connectivity index (χ4v) is 4.90. The van der Waals surface area contributed by atoms with E-state index in [4.69, 9.17) is 4.74 Å². The van der Waals surface area contributed by atoms with E-state index in [1.54, 1.807) is 13.8 Å². The van der Waals surface area contributed by atoms with Crippen molar-refractivity contribution in [2.75, 3.05) is 18.9 Å². The Bertz CT molecular complexity index is 888. The number of nitrogens with one attached hydrogen (secondary N) is 2. The Morgan fingerprint density at radius 2 is 2.07 bits per heavy atom. The number of hydrogen-bond donors (Lipinski definition) is 2. The van der Waals surface area contributed by atoms with Gasteiger partial charge in [0.25, 0.3) is 0 Å². The van der Waals surface area contributed by atoms with Crippen LogP contribution in [0.4, 0.5) is 9.18 Å². The number of carbonyl (C=O) groups excluding carboxylic acids is 2. The maximum absolute atomic E-state index is 14.0. The zero-order chi connectivity index (χ0) is 21.2. The van der Waals surface area contributed by atoms with Crippen molar-refractivity contribution in [3.8, 4) is 5.75 Å². The SMILES string of the molecule is CCC(CS(=O)(=O)N[C@H](C)c1ccc(F)c(OCC2CC2)c1)N1CC(=O)NC1=O. The molecule has 2 atom stereocenters. The number of amides is 3. The number of halogens is 1. The van der Waals surface area contributed by atoms with Gasteiger partial charge in [-0.2, -0.15) is 0 Å². The number of carbonyl (C=O) groups is 2. The summed E-state index contributed by atoms with van der Waals surface area (Å²) in [4.78, 5) is 24.4. The first-order valence-corrected chi connectivity index (χ1v) is 11.4. The first kappa shape index (κ1) is 21.5. The molecule has 1 aliphatic heterocycles. The normalized spacial score (nSPS) is 19.2. The molecular weight excluding hydrogens is 401 g/mol. The van der Waals surface area contributed by atoms with E-state index in [-0.39, 0.29) is 18.0 Å². The molecule has 1 unspecified atom stereocenters. The van der Waals surface area contributed by atoms with Gasteiger partial charge in [0, 0.05) is 12.1 Å². The van der Waals surface area contributed by atoms with Gasteiger partial charge in [0.2, 0.25) is 15.9 Å². The van der Waals surface area contributed by atoms with Crippen LogP contribution in [0.3, 0.4) is 0 Å². The standard InChI is InChI=1S/C19H26FN3O5S/c1-3-15(23-9-18(24)21-19(23)25)11-29(26,27)22-12(2)14-6-7-16(20)17(8-14)28-10-13-4-5-13/h6-8,12-13,15,22H,3-5,9-11H2,1-2H3,(H,21,24,25)/t12-,15?/m1/s1. The van der Waals surface area contributed by atoms with Gasteiger partial charge >= 0.3 is 6.03 Å². The molecule has 0 aromatic heterocycles. The summed E-state index contributed by atoms with van der Waals surface area (Å²) < 4.78 is 47.3. The fourth-order valence-electron chi connectivity index (χ4n) is 3.21. The second-order valence-corrected chi connectivity index (χ2v) is 9.41.